The lowest BCUT2D eigenvalue weighted by atomic mass is 9.98. The molecule has 6 nitrogen and oxygen atoms in total. The van der Waals surface area contributed by atoms with Crippen LogP contribution in [0.4, 0.5) is 0 Å². The quantitative estimate of drug-likeness (QED) is 0.233. The van der Waals surface area contributed by atoms with Crippen molar-refractivity contribution in [1.82, 2.24) is 15.8 Å². The van der Waals surface area contributed by atoms with E-state index < -0.39 is 0 Å². The van der Waals surface area contributed by atoms with Crippen LogP contribution in [0.1, 0.15) is 75.3 Å². The van der Waals surface area contributed by atoms with E-state index in [1.54, 1.807) is 0 Å². The van der Waals surface area contributed by atoms with Gasteiger partial charge >= 0.3 is 0 Å². The Hall–Kier alpha value is -0.830. The minimum atomic E-state index is 0. The van der Waals surface area contributed by atoms with E-state index >= 15 is 0 Å². The Morgan fingerprint density at radius 3 is 2.63 bits per heavy atom. The average Bonchev–Trinajstić information content (AvgIpc) is 2.98. The third-order valence-corrected chi connectivity index (χ3v) is 4.97. The molecular weight excluding hydrogens is 455 g/mol. The number of aryl methyl sites for hydroxylation is 2. The van der Waals surface area contributed by atoms with Crippen molar-refractivity contribution >= 4 is 29.9 Å². The summed E-state index contributed by atoms with van der Waals surface area (Å²) in [6, 6.07) is 0. The van der Waals surface area contributed by atoms with Crippen molar-refractivity contribution in [1.29, 1.82) is 0 Å². The summed E-state index contributed by atoms with van der Waals surface area (Å²) in [7, 11) is 0. The SMILES string of the molecule is CCNC(=NCC(C)c1c(C)noc1C)NCCCOC1CCCCC1.I. The molecule has 2 rings (SSSR count). The van der Waals surface area contributed by atoms with Crippen LogP contribution in [0.25, 0.3) is 0 Å². The van der Waals surface area contributed by atoms with E-state index in [1.807, 2.05) is 13.8 Å². The summed E-state index contributed by atoms with van der Waals surface area (Å²) >= 11 is 0. The van der Waals surface area contributed by atoms with Gasteiger partial charge in [0.1, 0.15) is 5.76 Å². The zero-order valence-corrected chi connectivity index (χ0v) is 19.7. The minimum absolute atomic E-state index is 0. The standard InChI is InChI=1S/C20H36N4O2.HI/c1-5-21-20(22-12-9-13-25-18-10-7-6-8-11-18)23-14-15(2)19-16(3)24-26-17(19)4;/h15,18H,5-14H2,1-4H3,(H2,21,22,23);1H. The van der Waals surface area contributed by atoms with Crippen molar-refractivity contribution in [3.8, 4) is 0 Å². The van der Waals surface area contributed by atoms with Gasteiger partial charge in [-0.15, -0.1) is 24.0 Å². The highest BCUT2D eigenvalue weighted by Crippen LogP contribution is 2.23. The maximum Gasteiger partial charge on any atom is 0.191 e. The summed E-state index contributed by atoms with van der Waals surface area (Å²) in [5.41, 5.74) is 2.13. The van der Waals surface area contributed by atoms with Crippen molar-refractivity contribution in [3.63, 3.8) is 0 Å². The molecule has 0 bridgehead atoms. The van der Waals surface area contributed by atoms with Gasteiger partial charge in [-0.05, 0) is 40.0 Å². The molecule has 1 aliphatic rings. The van der Waals surface area contributed by atoms with Crippen molar-refractivity contribution in [2.24, 2.45) is 4.99 Å². The van der Waals surface area contributed by atoms with Crippen LogP contribution in [0.2, 0.25) is 0 Å². The predicted octanol–water partition coefficient (Wildman–Crippen LogP) is 4.31. The first-order chi connectivity index (χ1) is 12.6. The third-order valence-electron chi connectivity index (χ3n) is 4.97. The minimum Gasteiger partial charge on any atom is -0.378 e. The number of guanidine groups is 1. The predicted molar refractivity (Wildman–Crippen MR) is 121 cm³/mol. The van der Waals surface area contributed by atoms with Crippen LogP contribution in [-0.4, -0.2) is 43.5 Å². The summed E-state index contributed by atoms with van der Waals surface area (Å²) in [5, 5.41) is 10.8. The van der Waals surface area contributed by atoms with Crippen LogP contribution in [0, 0.1) is 13.8 Å². The normalized spacial score (nSPS) is 16.7. The Balaban J connectivity index is 0.00000364. The van der Waals surface area contributed by atoms with E-state index in [4.69, 9.17) is 14.3 Å². The maximum atomic E-state index is 5.98. The van der Waals surface area contributed by atoms with Crippen LogP contribution < -0.4 is 10.6 Å². The van der Waals surface area contributed by atoms with Gasteiger partial charge in [0.05, 0.1) is 11.8 Å². The molecule has 0 radical (unpaired) electrons. The highest BCUT2D eigenvalue weighted by molar-refractivity contribution is 14.0. The molecule has 0 spiro atoms. The highest BCUT2D eigenvalue weighted by Gasteiger charge is 2.16. The van der Waals surface area contributed by atoms with Crippen molar-refractivity contribution < 1.29 is 9.26 Å². The van der Waals surface area contributed by atoms with E-state index in [0.29, 0.717) is 12.6 Å². The number of aromatic nitrogens is 1. The Bertz CT molecular complexity index is 537. The lowest BCUT2D eigenvalue weighted by Crippen LogP contribution is -2.38. The fourth-order valence-electron chi connectivity index (χ4n) is 3.62. The summed E-state index contributed by atoms with van der Waals surface area (Å²) < 4.78 is 11.2. The summed E-state index contributed by atoms with van der Waals surface area (Å²) in [6.07, 6.45) is 7.97. The van der Waals surface area contributed by atoms with Gasteiger partial charge in [0.15, 0.2) is 5.96 Å². The highest BCUT2D eigenvalue weighted by atomic mass is 127. The molecule has 27 heavy (non-hydrogen) atoms. The molecule has 1 aromatic rings. The number of hydrogen-bond acceptors (Lipinski definition) is 4. The molecule has 1 heterocycles. The second-order valence-electron chi connectivity index (χ2n) is 7.27. The summed E-state index contributed by atoms with van der Waals surface area (Å²) in [4.78, 5) is 4.72. The first-order valence-corrected chi connectivity index (χ1v) is 10.2. The lowest BCUT2D eigenvalue weighted by Gasteiger charge is -2.22. The second kappa shape index (κ2) is 13.4. The molecule has 1 aliphatic carbocycles. The molecular formula is C20H37IN4O2. The molecule has 2 N–H and O–H groups in total. The largest absolute Gasteiger partial charge is 0.378 e. The number of nitrogens with zero attached hydrogens (tertiary/aromatic N) is 2. The van der Waals surface area contributed by atoms with Gasteiger partial charge in [-0.25, -0.2) is 0 Å². The third kappa shape index (κ3) is 8.37. The molecule has 0 aromatic carbocycles. The van der Waals surface area contributed by atoms with E-state index in [9.17, 15) is 0 Å². The fourth-order valence-corrected chi connectivity index (χ4v) is 3.62. The van der Waals surface area contributed by atoms with Gasteiger partial charge in [-0.1, -0.05) is 31.3 Å². The Morgan fingerprint density at radius 1 is 1.26 bits per heavy atom. The number of ether oxygens (including phenoxy) is 1. The van der Waals surface area contributed by atoms with Gasteiger partial charge in [0.25, 0.3) is 0 Å². The van der Waals surface area contributed by atoms with Gasteiger partial charge in [-0.2, -0.15) is 0 Å². The fraction of sp³-hybridized carbons (Fsp3) is 0.800. The Kier molecular flexibility index (Phi) is 12.0. The molecule has 1 aromatic heterocycles. The first-order valence-electron chi connectivity index (χ1n) is 10.2. The Labute approximate surface area is 181 Å². The van der Waals surface area contributed by atoms with E-state index in [-0.39, 0.29) is 29.9 Å². The van der Waals surface area contributed by atoms with E-state index in [0.717, 1.165) is 43.5 Å². The molecule has 1 atom stereocenters. The molecule has 1 unspecified atom stereocenters. The summed E-state index contributed by atoms with van der Waals surface area (Å²) in [6.45, 7) is 11.5. The van der Waals surface area contributed by atoms with Crippen LogP contribution in [0.5, 0.6) is 0 Å². The smallest absolute Gasteiger partial charge is 0.191 e. The van der Waals surface area contributed by atoms with Crippen molar-refractivity contribution in [3.05, 3.63) is 17.0 Å². The lowest BCUT2D eigenvalue weighted by molar-refractivity contribution is 0.0277. The molecule has 7 heteroatoms. The zero-order valence-electron chi connectivity index (χ0n) is 17.3. The van der Waals surface area contributed by atoms with Crippen LogP contribution >= 0.6 is 24.0 Å². The molecule has 1 fully saturated rings. The van der Waals surface area contributed by atoms with Crippen molar-refractivity contribution in [2.75, 3.05) is 26.2 Å². The van der Waals surface area contributed by atoms with Crippen LogP contribution in [0.3, 0.4) is 0 Å². The first kappa shape index (κ1) is 24.2. The van der Waals surface area contributed by atoms with Gasteiger partial charge in [0.2, 0.25) is 0 Å². The molecule has 1 saturated carbocycles. The van der Waals surface area contributed by atoms with Crippen LogP contribution in [-0.2, 0) is 4.74 Å². The monoisotopic (exact) mass is 492 g/mol. The van der Waals surface area contributed by atoms with Gasteiger partial charge in [0, 0.05) is 37.7 Å². The average molecular weight is 492 g/mol. The Morgan fingerprint density at radius 2 is 2.00 bits per heavy atom. The number of aliphatic imine (C=N–C) groups is 1. The molecule has 0 aliphatic heterocycles. The summed E-state index contributed by atoms with van der Waals surface area (Å²) in [5.74, 6) is 2.04. The molecule has 156 valence electrons. The number of nitrogens with one attached hydrogen (secondary N) is 2. The van der Waals surface area contributed by atoms with E-state index in [1.165, 1.54) is 37.7 Å². The zero-order chi connectivity index (χ0) is 18.8. The number of rotatable bonds is 9. The van der Waals surface area contributed by atoms with Crippen molar-refractivity contribution in [2.45, 2.75) is 78.2 Å². The van der Waals surface area contributed by atoms with Gasteiger partial charge < -0.3 is 19.9 Å². The number of halogens is 1. The number of hydrogen-bond donors (Lipinski definition) is 2. The maximum absolute atomic E-state index is 5.98. The van der Waals surface area contributed by atoms with E-state index in [2.05, 4.69) is 29.6 Å². The van der Waals surface area contributed by atoms with Crippen LogP contribution in [0.15, 0.2) is 9.52 Å². The molecule has 0 amide bonds. The second-order valence-corrected chi connectivity index (χ2v) is 7.27. The topological polar surface area (TPSA) is 71.7 Å². The molecule has 0 saturated heterocycles. The van der Waals surface area contributed by atoms with Gasteiger partial charge in [-0.3, -0.25) is 4.99 Å².